The van der Waals surface area contributed by atoms with Crippen molar-refractivity contribution in [3.63, 3.8) is 0 Å². The summed E-state index contributed by atoms with van der Waals surface area (Å²) >= 11 is 0. The molecule has 3 nitrogen and oxygen atoms in total. The van der Waals surface area contributed by atoms with Crippen LogP contribution in [-0.2, 0) is 0 Å². The Hall–Kier alpha value is -2.94. The van der Waals surface area contributed by atoms with Crippen molar-refractivity contribution in [2.45, 2.75) is 0 Å². The summed E-state index contributed by atoms with van der Waals surface area (Å²) in [6.07, 6.45) is 0. The van der Waals surface area contributed by atoms with Crippen LogP contribution in [0.2, 0.25) is 0 Å². The molecule has 0 atom stereocenters. The molecule has 5 rings (SSSR count). The van der Waals surface area contributed by atoms with Crippen molar-refractivity contribution in [1.29, 1.82) is 0 Å². The predicted octanol–water partition coefficient (Wildman–Crippen LogP) is 4.42. The zero-order valence-electron chi connectivity index (χ0n) is 11.2. The number of aromatic nitrogens is 3. The Morgan fingerprint density at radius 2 is 1.43 bits per heavy atom. The Morgan fingerprint density at radius 1 is 0.667 bits per heavy atom. The molecule has 0 saturated carbocycles. The van der Waals surface area contributed by atoms with Gasteiger partial charge in [-0.3, -0.25) is 0 Å². The smallest absolute Gasteiger partial charge is 0.157 e. The number of benzene rings is 3. The number of rotatable bonds is 0. The minimum Gasteiger partial charge on any atom is -0.337 e. The summed E-state index contributed by atoms with van der Waals surface area (Å²) in [5.74, 6) is 0. The molecular formula is C18H11N3. The fraction of sp³-hybridized carbons (Fsp3) is 0. The lowest BCUT2D eigenvalue weighted by atomic mass is 10.1. The molecule has 3 aromatic carbocycles. The van der Waals surface area contributed by atoms with Gasteiger partial charge in [-0.1, -0.05) is 42.5 Å². The largest absolute Gasteiger partial charge is 0.337 e. The van der Waals surface area contributed by atoms with Crippen LogP contribution in [0, 0.1) is 0 Å². The van der Waals surface area contributed by atoms with Crippen LogP contribution in [0.4, 0.5) is 0 Å². The monoisotopic (exact) mass is 269 g/mol. The summed E-state index contributed by atoms with van der Waals surface area (Å²) in [5, 5.41) is 3.56. The number of hydrogen-bond acceptors (Lipinski definition) is 2. The highest BCUT2D eigenvalue weighted by molar-refractivity contribution is 6.15. The number of aromatic amines is 1. The molecule has 5 aromatic rings. The second-order valence-electron chi connectivity index (χ2n) is 5.24. The van der Waals surface area contributed by atoms with E-state index in [4.69, 9.17) is 9.97 Å². The maximum atomic E-state index is 4.78. The van der Waals surface area contributed by atoms with Crippen molar-refractivity contribution in [2.75, 3.05) is 0 Å². The Morgan fingerprint density at radius 3 is 2.33 bits per heavy atom. The molecule has 1 N–H and O–H groups in total. The molecule has 0 unspecified atom stereocenters. The van der Waals surface area contributed by atoms with Crippen molar-refractivity contribution < 1.29 is 0 Å². The first-order valence-electron chi connectivity index (χ1n) is 6.96. The first kappa shape index (κ1) is 10.8. The first-order chi connectivity index (χ1) is 10.4. The minimum atomic E-state index is 0.847. The van der Waals surface area contributed by atoms with Crippen LogP contribution in [0.25, 0.3) is 43.9 Å². The molecule has 2 aromatic heterocycles. The van der Waals surface area contributed by atoms with Gasteiger partial charge in [-0.05, 0) is 23.6 Å². The Labute approximate surface area is 120 Å². The zero-order valence-corrected chi connectivity index (χ0v) is 11.2. The van der Waals surface area contributed by atoms with E-state index in [1.807, 2.05) is 24.3 Å². The fourth-order valence-electron chi connectivity index (χ4n) is 3.00. The molecule has 3 heteroatoms. The van der Waals surface area contributed by atoms with Crippen LogP contribution in [0.3, 0.4) is 0 Å². The van der Waals surface area contributed by atoms with Crippen LogP contribution in [0.5, 0.6) is 0 Å². The van der Waals surface area contributed by atoms with Gasteiger partial charge in [0.15, 0.2) is 5.65 Å². The highest BCUT2D eigenvalue weighted by atomic mass is 14.9. The maximum absolute atomic E-state index is 4.78. The van der Waals surface area contributed by atoms with Gasteiger partial charge in [0.05, 0.1) is 16.6 Å². The summed E-state index contributed by atoms with van der Waals surface area (Å²) < 4.78 is 0. The molecule has 0 radical (unpaired) electrons. The van der Waals surface area contributed by atoms with E-state index < -0.39 is 0 Å². The Balaban J connectivity index is 2.04. The van der Waals surface area contributed by atoms with Crippen LogP contribution in [0.15, 0.2) is 60.7 Å². The lowest BCUT2D eigenvalue weighted by Crippen LogP contribution is -1.84. The van der Waals surface area contributed by atoms with E-state index in [-0.39, 0.29) is 0 Å². The lowest BCUT2D eigenvalue weighted by Gasteiger charge is -1.98. The summed E-state index contributed by atoms with van der Waals surface area (Å²) in [4.78, 5) is 12.9. The number of hydrogen-bond donors (Lipinski definition) is 1. The average Bonchev–Trinajstić information content (AvgIpc) is 2.90. The normalized spacial score (nSPS) is 11.8. The van der Waals surface area contributed by atoms with E-state index >= 15 is 0 Å². The predicted molar refractivity (Wildman–Crippen MR) is 86.4 cm³/mol. The van der Waals surface area contributed by atoms with Crippen molar-refractivity contribution >= 4 is 43.9 Å². The van der Waals surface area contributed by atoms with E-state index in [0.29, 0.717) is 0 Å². The Bertz CT molecular complexity index is 1140. The zero-order chi connectivity index (χ0) is 13.8. The number of H-pyrrole nitrogens is 1. The van der Waals surface area contributed by atoms with Crippen molar-refractivity contribution in [3.8, 4) is 0 Å². The number of fused-ring (bicyclic) bond motifs is 6. The van der Waals surface area contributed by atoms with E-state index in [1.54, 1.807) is 0 Å². The van der Waals surface area contributed by atoms with Crippen LogP contribution >= 0.6 is 0 Å². The molecule has 0 aliphatic carbocycles. The quantitative estimate of drug-likeness (QED) is 0.452. The van der Waals surface area contributed by atoms with Gasteiger partial charge >= 0.3 is 0 Å². The van der Waals surface area contributed by atoms with Crippen molar-refractivity contribution in [1.82, 2.24) is 15.0 Å². The second kappa shape index (κ2) is 3.79. The van der Waals surface area contributed by atoms with Gasteiger partial charge in [0.25, 0.3) is 0 Å². The van der Waals surface area contributed by atoms with Crippen molar-refractivity contribution in [2.24, 2.45) is 0 Å². The summed E-state index contributed by atoms with van der Waals surface area (Å²) in [6.45, 7) is 0. The van der Waals surface area contributed by atoms with Crippen molar-refractivity contribution in [3.05, 3.63) is 60.7 Å². The van der Waals surface area contributed by atoms with Crippen LogP contribution < -0.4 is 0 Å². The van der Waals surface area contributed by atoms with Gasteiger partial charge in [0.2, 0.25) is 0 Å². The standard InChI is InChI=1S/C18H11N3/c1-2-6-12-11(5-1)9-10-13-16(12)21-18-17(13)19-14-7-3-4-8-15(14)20-18/h1-10H,(H,20,21). The van der Waals surface area contributed by atoms with Crippen LogP contribution in [0.1, 0.15) is 0 Å². The SMILES string of the molecule is c1ccc2c(c1)ccc1c3nc4ccccc4nc3[nH]c21. The summed E-state index contributed by atoms with van der Waals surface area (Å²) in [7, 11) is 0. The summed E-state index contributed by atoms with van der Waals surface area (Å²) in [6, 6.07) is 20.6. The van der Waals surface area contributed by atoms with Gasteiger partial charge in [-0.25, -0.2) is 9.97 Å². The molecule has 0 amide bonds. The molecule has 0 fully saturated rings. The fourth-order valence-corrected chi connectivity index (χ4v) is 3.00. The molecule has 98 valence electrons. The maximum Gasteiger partial charge on any atom is 0.157 e. The molecule has 0 saturated heterocycles. The number of nitrogens with zero attached hydrogens (tertiary/aromatic N) is 2. The third kappa shape index (κ3) is 1.43. The highest BCUT2D eigenvalue weighted by Crippen LogP contribution is 2.30. The van der Waals surface area contributed by atoms with E-state index in [9.17, 15) is 0 Å². The summed E-state index contributed by atoms with van der Waals surface area (Å²) in [5.41, 5.74) is 4.74. The highest BCUT2D eigenvalue weighted by Gasteiger charge is 2.10. The minimum absolute atomic E-state index is 0.847. The molecule has 0 aliphatic rings. The first-order valence-corrected chi connectivity index (χ1v) is 6.96. The van der Waals surface area contributed by atoms with E-state index in [1.165, 1.54) is 10.8 Å². The Kier molecular flexibility index (Phi) is 1.95. The molecule has 21 heavy (non-hydrogen) atoms. The lowest BCUT2D eigenvalue weighted by molar-refractivity contribution is 1.36. The van der Waals surface area contributed by atoms with Gasteiger partial charge in [0.1, 0.15) is 5.52 Å². The molecule has 0 bridgehead atoms. The average molecular weight is 269 g/mol. The van der Waals surface area contributed by atoms with Gasteiger partial charge in [-0.2, -0.15) is 0 Å². The number of para-hydroxylation sites is 2. The molecule has 2 heterocycles. The second-order valence-corrected chi connectivity index (χ2v) is 5.24. The van der Waals surface area contributed by atoms with Gasteiger partial charge in [-0.15, -0.1) is 0 Å². The third-order valence-corrected chi connectivity index (χ3v) is 4.00. The topological polar surface area (TPSA) is 41.6 Å². The molecule has 0 aliphatic heterocycles. The molecule has 0 spiro atoms. The van der Waals surface area contributed by atoms with Crippen LogP contribution in [-0.4, -0.2) is 15.0 Å². The van der Waals surface area contributed by atoms with E-state index in [2.05, 4.69) is 41.4 Å². The number of nitrogens with one attached hydrogen (secondary N) is 1. The third-order valence-electron chi connectivity index (χ3n) is 4.00. The van der Waals surface area contributed by atoms with E-state index in [0.717, 1.165) is 33.1 Å². The van der Waals surface area contributed by atoms with Gasteiger partial charge in [0, 0.05) is 10.8 Å². The van der Waals surface area contributed by atoms with Gasteiger partial charge < -0.3 is 4.98 Å². The molecular weight excluding hydrogens is 258 g/mol.